The molecule has 3 heterocycles. The fourth-order valence-corrected chi connectivity index (χ4v) is 3.53. The van der Waals surface area contributed by atoms with Gasteiger partial charge in [0.15, 0.2) is 0 Å². The van der Waals surface area contributed by atoms with Crippen LogP contribution in [0, 0.1) is 0 Å². The van der Waals surface area contributed by atoms with Crippen LogP contribution in [0.2, 0.25) is 0 Å². The summed E-state index contributed by atoms with van der Waals surface area (Å²) in [4.78, 5) is 24.8. The van der Waals surface area contributed by atoms with Crippen molar-refractivity contribution in [3.05, 3.63) is 41.7 Å². The molecule has 0 aliphatic carbocycles. The highest BCUT2D eigenvalue weighted by Crippen LogP contribution is 2.24. The number of aromatic nitrogens is 4. The minimum atomic E-state index is -0.426. The van der Waals surface area contributed by atoms with Gasteiger partial charge in [0, 0.05) is 37.3 Å². The predicted octanol–water partition coefficient (Wildman–Crippen LogP) is 2.17. The zero-order valence-corrected chi connectivity index (χ0v) is 14.5. The van der Waals surface area contributed by atoms with Crippen LogP contribution in [0.4, 0.5) is 5.69 Å². The average Bonchev–Trinajstić information content (AvgIpc) is 3.24. The van der Waals surface area contributed by atoms with Gasteiger partial charge in [-0.2, -0.15) is 0 Å². The first-order valence-corrected chi connectivity index (χ1v) is 8.76. The number of nitrogens with one attached hydrogen (secondary N) is 3. The summed E-state index contributed by atoms with van der Waals surface area (Å²) in [7, 11) is 0. The van der Waals surface area contributed by atoms with E-state index in [4.69, 9.17) is 0 Å². The Balaban J connectivity index is 1.60. The zero-order valence-electron chi connectivity index (χ0n) is 14.5. The van der Waals surface area contributed by atoms with Crippen LogP contribution in [-0.2, 0) is 24.2 Å². The van der Waals surface area contributed by atoms with E-state index in [1.165, 1.54) is 0 Å². The highest BCUT2D eigenvalue weighted by Gasteiger charge is 2.28. The van der Waals surface area contributed by atoms with Crippen molar-refractivity contribution >= 4 is 22.6 Å². The normalized spacial score (nSPS) is 16.8. The summed E-state index contributed by atoms with van der Waals surface area (Å²) in [5.74, 6) is 0.967. The number of imidazole rings is 2. The number of carbonyl (C=O) groups is 1. The fourth-order valence-electron chi connectivity index (χ4n) is 3.53. The largest absolute Gasteiger partial charge is 0.348 e. The monoisotopic (exact) mass is 338 g/mol. The van der Waals surface area contributed by atoms with Gasteiger partial charge in [-0.05, 0) is 25.1 Å². The summed E-state index contributed by atoms with van der Waals surface area (Å²) >= 11 is 0. The Morgan fingerprint density at radius 2 is 2.28 bits per heavy atom. The summed E-state index contributed by atoms with van der Waals surface area (Å²) in [6.45, 7) is 5.87. The van der Waals surface area contributed by atoms with E-state index in [1.54, 1.807) is 6.33 Å². The maximum absolute atomic E-state index is 12.7. The molecule has 0 saturated carbocycles. The Labute approximate surface area is 145 Å². The first kappa shape index (κ1) is 15.8. The van der Waals surface area contributed by atoms with Crippen LogP contribution in [-0.4, -0.2) is 32.0 Å². The Hall–Kier alpha value is -2.67. The van der Waals surface area contributed by atoms with Crippen LogP contribution in [0.1, 0.15) is 37.1 Å². The number of H-pyrrole nitrogens is 1. The van der Waals surface area contributed by atoms with Crippen molar-refractivity contribution in [1.29, 1.82) is 0 Å². The molecule has 2 aromatic heterocycles. The van der Waals surface area contributed by atoms with Gasteiger partial charge >= 0.3 is 0 Å². The minimum absolute atomic E-state index is 0.0990. The van der Waals surface area contributed by atoms with Gasteiger partial charge in [-0.3, -0.25) is 4.79 Å². The molecule has 3 aromatic rings. The van der Waals surface area contributed by atoms with E-state index in [-0.39, 0.29) is 5.91 Å². The minimum Gasteiger partial charge on any atom is -0.348 e. The maximum Gasteiger partial charge on any atom is 0.247 e. The molecule has 4 rings (SSSR count). The summed E-state index contributed by atoms with van der Waals surface area (Å²) < 4.78 is 2.21. The molecule has 1 amide bonds. The molecule has 0 bridgehead atoms. The van der Waals surface area contributed by atoms with Gasteiger partial charge in [0.05, 0.1) is 23.1 Å². The highest BCUT2D eigenvalue weighted by molar-refractivity contribution is 5.97. The van der Waals surface area contributed by atoms with Gasteiger partial charge in [-0.15, -0.1) is 0 Å². The van der Waals surface area contributed by atoms with Crippen LogP contribution >= 0.6 is 0 Å². The lowest BCUT2D eigenvalue weighted by Gasteiger charge is -2.22. The van der Waals surface area contributed by atoms with Crippen LogP contribution < -0.4 is 10.6 Å². The van der Waals surface area contributed by atoms with Crippen molar-refractivity contribution in [2.45, 2.75) is 39.3 Å². The van der Waals surface area contributed by atoms with Crippen molar-refractivity contribution in [2.24, 2.45) is 0 Å². The first-order valence-electron chi connectivity index (χ1n) is 8.76. The van der Waals surface area contributed by atoms with E-state index in [9.17, 15) is 4.79 Å². The lowest BCUT2D eigenvalue weighted by atomic mass is 10.0. The third kappa shape index (κ3) is 2.70. The number of amides is 1. The van der Waals surface area contributed by atoms with Crippen molar-refractivity contribution in [3.8, 4) is 0 Å². The molecule has 25 heavy (non-hydrogen) atoms. The average molecular weight is 338 g/mol. The van der Waals surface area contributed by atoms with Crippen molar-refractivity contribution in [1.82, 2.24) is 24.8 Å². The zero-order chi connectivity index (χ0) is 17.4. The number of aromatic amines is 1. The van der Waals surface area contributed by atoms with Gasteiger partial charge in [-0.1, -0.05) is 6.92 Å². The van der Waals surface area contributed by atoms with E-state index >= 15 is 0 Å². The Bertz CT molecular complexity index is 925. The topological polar surface area (TPSA) is 87.6 Å². The van der Waals surface area contributed by atoms with Gasteiger partial charge < -0.3 is 20.2 Å². The third-order valence-electron chi connectivity index (χ3n) is 4.74. The lowest BCUT2D eigenvalue weighted by Crippen LogP contribution is -2.38. The standard InChI is InChI=1S/C18H22N6O/c1-3-15-23-13-9-11(5-6-14(13)24(15)4-2)22-18(25)17-16-12(7-8-19-17)20-10-21-16/h5-6,9-10,17,19H,3-4,7-8H2,1-2H3,(H,20,21)(H,22,25). The quantitative estimate of drug-likeness (QED) is 0.680. The molecule has 1 unspecified atom stereocenters. The number of nitrogens with zero attached hydrogens (tertiary/aromatic N) is 3. The maximum atomic E-state index is 12.7. The molecule has 130 valence electrons. The molecule has 0 radical (unpaired) electrons. The molecule has 1 aliphatic heterocycles. The number of hydrogen-bond acceptors (Lipinski definition) is 4. The summed E-state index contributed by atoms with van der Waals surface area (Å²) in [6, 6.07) is 5.47. The SMILES string of the molecule is CCc1nc2cc(NC(=O)C3NCCc4[nH]cnc43)ccc2n1CC. The number of carbonyl (C=O) groups excluding carboxylic acids is 1. The van der Waals surface area contributed by atoms with Crippen molar-refractivity contribution in [2.75, 3.05) is 11.9 Å². The fraction of sp³-hybridized carbons (Fsp3) is 0.389. The molecule has 3 N–H and O–H groups in total. The van der Waals surface area contributed by atoms with Crippen molar-refractivity contribution in [3.63, 3.8) is 0 Å². The Morgan fingerprint density at radius 3 is 3.08 bits per heavy atom. The Morgan fingerprint density at radius 1 is 1.40 bits per heavy atom. The molecule has 1 atom stereocenters. The van der Waals surface area contributed by atoms with Crippen LogP contribution in [0.3, 0.4) is 0 Å². The van der Waals surface area contributed by atoms with E-state index in [0.29, 0.717) is 0 Å². The number of aryl methyl sites for hydroxylation is 2. The van der Waals surface area contributed by atoms with Crippen LogP contribution in [0.15, 0.2) is 24.5 Å². The van der Waals surface area contributed by atoms with E-state index in [1.807, 2.05) is 18.2 Å². The van der Waals surface area contributed by atoms with E-state index in [0.717, 1.165) is 59.9 Å². The van der Waals surface area contributed by atoms with E-state index in [2.05, 4.69) is 44.0 Å². The summed E-state index contributed by atoms with van der Waals surface area (Å²) in [5.41, 5.74) is 4.58. The number of benzene rings is 1. The second-order valence-electron chi connectivity index (χ2n) is 6.22. The smallest absolute Gasteiger partial charge is 0.247 e. The van der Waals surface area contributed by atoms with Gasteiger partial charge in [0.25, 0.3) is 0 Å². The predicted molar refractivity (Wildman–Crippen MR) is 96.5 cm³/mol. The lowest BCUT2D eigenvalue weighted by molar-refractivity contribution is -0.118. The molecule has 7 heteroatoms. The molecular weight excluding hydrogens is 316 g/mol. The molecule has 7 nitrogen and oxygen atoms in total. The molecule has 1 aromatic carbocycles. The number of fused-ring (bicyclic) bond motifs is 2. The molecule has 0 fully saturated rings. The molecule has 0 spiro atoms. The Kier molecular flexibility index (Phi) is 4.01. The molecule has 1 aliphatic rings. The number of anilines is 1. The van der Waals surface area contributed by atoms with Gasteiger partial charge in [0.1, 0.15) is 11.9 Å². The van der Waals surface area contributed by atoms with Gasteiger partial charge in [-0.25, -0.2) is 9.97 Å². The molecular formula is C18H22N6O. The van der Waals surface area contributed by atoms with Crippen LogP contribution in [0.5, 0.6) is 0 Å². The molecule has 0 saturated heterocycles. The van der Waals surface area contributed by atoms with E-state index < -0.39 is 6.04 Å². The first-order chi connectivity index (χ1) is 12.2. The second kappa shape index (κ2) is 6.33. The second-order valence-corrected chi connectivity index (χ2v) is 6.22. The highest BCUT2D eigenvalue weighted by atomic mass is 16.2. The number of rotatable bonds is 4. The number of hydrogen-bond donors (Lipinski definition) is 3. The van der Waals surface area contributed by atoms with Crippen molar-refractivity contribution < 1.29 is 4.79 Å². The summed E-state index contributed by atoms with van der Waals surface area (Å²) in [5, 5.41) is 6.23. The summed E-state index contributed by atoms with van der Waals surface area (Å²) in [6.07, 6.45) is 3.39. The van der Waals surface area contributed by atoms with Crippen LogP contribution in [0.25, 0.3) is 11.0 Å². The third-order valence-corrected chi connectivity index (χ3v) is 4.74. The van der Waals surface area contributed by atoms with Gasteiger partial charge in [0.2, 0.25) is 5.91 Å².